The standard InChI is InChI=1S/C10H12ClNO.C4H10.Al.3H/c11-7-6-10(13)12-8-9-4-2-1-3-5-9;1-3-4-2;;;;/h1-5H,6-8H2,(H,12,13);3-4H2,1-2H3;;;;. The summed E-state index contributed by atoms with van der Waals surface area (Å²) in [5.74, 6) is 0.375. The summed E-state index contributed by atoms with van der Waals surface area (Å²) in [6.07, 6.45) is 3.02. The Morgan fingerprint density at radius 1 is 1.17 bits per heavy atom. The Labute approximate surface area is 126 Å². The third-order valence-corrected chi connectivity index (χ3v) is 2.34. The molecule has 0 spiro atoms. The SMILES string of the molecule is CCCC.O=C(CCCl)NCc1ccccc1.[AlH3]. The number of rotatable bonds is 5. The molecule has 0 aliphatic carbocycles. The zero-order chi connectivity index (χ0) is 12.9. The molecule has 4 heteroatoms. The minimum atomic E-state index is -0.00106. The van der Waals surface area contributed by atoms with Gasteiger partial charge in [-0.15, -0.1) is 11.6 Å². The van der Waals surface area contributed by atoms with Crippen molar-refractivity contribution in [3.05, 3.63) is 35.9 Å². The van der Waals surface area contributed by atoms with Crippen molar-refractivity contribution in [1.82, 2.24) is 5.32 Å². The lowest BCUT2D eigenvalue weighted by molar-refractivity contribution is -0.120. The number of amides is 1. The van der Waals surface area contributed by atoms with Crippen LogP contribution in [0.5, 0.6) is 0 Å². The summed E-state index contributed by atoms with van der Waals surface area (Å²) in [7, 11) is 0. The number of hydrogen-bond acceptors (Lipinski definition) is 1. The van der Waals surface area contributed by atoms with Crippen LogP contribution >= 0.6 is 11.6 Å². The largest absolute Gasteiger partial charge is 0.352 e. The average molecular weight is 286 g/mol. The normalized spacial score (nSPS) is 8.61. The average Bonchev–Trinajstić information content (AvgIpc) is 2.38. The number of unbranched alkanes of at least 4 members (excludes halogenated alkanes) is 1. The van der Waals surface area contributed by atoms with E-state index in [9.17, 15) is 4.79 Å². The zero-order valence-electron chi connectivity index (χ0n) is 10.7. The first-order valence-corrected chi connectivity index (χ1v) is 6.64. The maximum Gasteiger partial charge on any atom is 0.221 e. The molecule has 1 aromatic carbocycles. The van der Waals surface area contributed by atoms with E-state index in [1.165, 1.54) is 12.8 Å². The fraction of sp³-hybridized carbons (Fsp3) is 0.500. The van der Waals surface area contributed by atoms with Gasteiger partial charge in [0.1, 0.15) is 0 Å². The second-order valence-electron chi connectivity index (χ2n) is 3.70. The van der Waals surface area contributed by atoms with E-state index in [1.54, 1.807) is 0 Å². The summed E-state index contributed by atoms with van der Waals surface area (Å²) in [5.41, 5.74) is 1.10. The number of carbonyl (C=O) groups is 1. The molecule has 0 saturated carbocycles. The fourth-order valence-electron chi connectivity index (χ4n) is 0.971. The molecule has 1 amide bonds. The van der Waals surface area contributed by atoms with Crippen LogP contribution in [0.2, 0.25) is 0 Å². The Kier molecular flexibility index (Phi) is 16.1. The smallest absolute Gasteiger partial charge is 0.221 e. The summed E-state index contributed by atoms with van der Waals surface area (Å²) in [5, 5.41) is 2.78. The zero-order valence-corrected chi connectivity index (χ0v) is 11.5. The van der Waals surface area contributed by atoms with Crippen molar-refractivity contribution in [2.75, 3.05) is 5.88 Å². The van der Waals surface area contributed by atoms with Gasteiger partial charge in [0.15, 0.2) is 17.4 Å². The van der Waals surface area contributed by atoms with Crippen LogP contribution in [-0.2, 0) is 11.3 Å². The predicted molar refractivity (Wildman–Crippen MR) is 84.1 cm³/mol. The molecule has 0 atom stereocenters. The Bertz CT molecular complexity index is 291. The van der Waals surface area contributed by atoms with E-state index in [0.29, 0.717) is 18.8 Å². The number of nitrogens with one attached hydrogen (secondary N) is 1. The van der Waals surface area contributed by atoms with Crippen LogP contribution in [0, 0.1) is 0 Å². The van der Waals surface area contributed by atoms with Crippen LogP contribution in [-0.4, -0.2) is 29.1 Å². The summed E-state index contributed by atoms with van der Waals surface area (Å²) in [6.45, 7) is 4.94. The van der Waals surface area contributed by atoms with E-state index in [2.05, 4.69) is 19.2 Å². The van der Waals surface area contributed by atoms with Crippen LogP contribution in [0.15, 0.2) is 30.3 Å². The molecule has 0 radical (unpaired) electrons. The maximum absolute atomic E-state index is 11.0. The van der Waals surface area contributed by atoms with Crippen molar-refractivity contribution in [1.29, 1.82) is 0 Å². The molecule has 1 rings (SSSR count). The van der Waals surface area contributed by atoms with E-state index < -0.39 is 0 Å². The first kappa shape index (κ1) is 19.8. The first-order valence-electron chi connectivity index (χ1n) is 6.11. The van der Waals surface area contributed by atoms with Crippen LogP contribution in [0.1, 0.15) is 38.7 Å². The van der Waals surface area contributed by atoms with Crippen LogP contribution in [0.25, 0.3) is 0 Å². The van der Waals surface area contributed by atoms with Gasteiger partial charge in [0, 0.05) is 18.8 Å². The van der Waals surface area contributed by atoms with E-state index >= 15 is 0 Å². The summed E-state index contributed by atoms with van der Waals surface area (Å²) < 4.78 is 0. The van der Waals surface area contributed by atoms with E-state index in [1.807, 2.05) is 30.3 Å². The van der Waals surface area contributed by atoms with Crippen molar-refractivity contribution in [3.8, 4) is 0 Å². The molecule has 102 valence electrons. The highest BCUT2D eigenvalue weighted by Gasteiger charge is 1.98. The highest BCUT2D eigenvalue weighted by atomic mass is 35.5. The van der Waals surface area contributed by atoms with Crippen molar-refractivity contribution < 1.29 is 4.79 Å². The second-order valence-corrected chi connectivity index (χ2v) is 4.08. The lowest BCUT2D eigenvalue weighted by atomic mass is 10.2. The molecular weight excluding hydrogens is 261 g/mol. The highest BCUT2D eigenvalue weighted by molar-refractivity contribution is 6.18. The lowest BCUT2D eigenvalue weighted by Crippen LogP contribution is -2.22. The Morgan fingerprint density at radius 3 is 2.17 bits per heavy atom. The number of alkyl halides is 1. The van der Waals surface area contributed by atoms with E-state index in [4.69, 9.17) is 11.6 Å². The Morgan fingerprint density at radius 2 is 1.72 bits per heavy atom. The Balaban J connectivity index is 0. The molecule has 2 nitrogen and oxygen atoms in total. The summed E-state index contributed by atoms with van der Waals surface area (Å²) >= 11 is 5.42. The molecule has 1 aromatic rings. The third-order valence-electron chi connectivity index (χ3n) is 2.15. The fourth-order valence-corrected chi connectivity index (χ4v) is 1.14. The number of halogens is 1. The molecule has 0 unspecified atom stereocenters. The van der Waals surface area contributed by atoms with Crippen LogP contribution in [0.4, 0.5) is 0 Å². The van der Waals surface area contributed by atoms with Gasteiger partial charge in [0.2, 0.25) is 5.91 Å². The topological polar surface area (TPSA) is 29.1 Å². The molecule has 0 heterocycles. The molecule has 0 fully saturated rings. The van der Waals surface area contributed by atoms with Gasteiger partial charge in [0.05, 0.1) is 0 Å². The van der Waals surface area contributed by atoms with E-state index in [0.717, 1.165) is 5.56 Å². The van der Waals surface area contributed by atoms with Crippen LogP contribution in [0.3, 0.4) is 0 Å². The number of benzene rings is 1. The van der Waals surface area contributed by atoms with Crippen molar-refractivity contribution in [2.24, 2.45) is 0 Å². The molecule has 0 saturated heterocycles. The summed E-state index contributed by atoms with van der Waals surface area (Å²) in [4.78, 5) is 11.0. The van der Waals surface area contributed by atoms with Gasteiger partial charge in [-0.25, -0.2) is 0 Å². The summed E-state index contributed by atoms with van der Waals surface area (Å²) in [6, 6.07) is 9.79. The van der Waals surface area contributed by atoms with Crippen molar-refractivity contribution >= 4 is 34.9 Å². The van der Waals surface area contributed by atoms with Gasteiger partial charge >= 0.3 is 0 Å². The van der Waals surface area contributed by atoms with Gasteiger partial charge in [-0.1, -0.05) is 57.0 Å². The molecule has 0 aliphatic rings. The Hall–Kier alpha value is -0.488. The van der Waals surface area contributed by atoms with Crippen LogP contribution < -0.4 is 5.32 Å². The lowest BCUT2D eigenvalue weighted by Gasteiger charge is -2.02. The predicted octanol–water partition coefficient (Wildman–Crippen LogP) is 2.55. The minimum Gasteiger partial charge on any atom is -0.352 e. The van der Waals surface area contributed by atoms with Gasteiger partial charge < -0.3 is 5.32 Å². The molecule has 0 aliphatic heterocycles. The number of carbonyl (C=O) groups excluding carboxylic acids is 1. The third kappa shape index (κ3) is 12.0. The quantitative estimate of drug-likeness (QED) is 0.654. The molecular formula is C14H25AlClNO. The van der Waals surface area contributed by atoms with Crippen molar-refractivity contribution in [2.45, 2.75) is 39.7 Å². The van der Waals surface area contributed by atoms with Gasteiger partial charge in [-0.2, -0.15) is 0 Å². The first-order chi connectivity index (χ1) is 8.24. The molecule has 18 heavy (non-hydrogen) atoms. The molecule has 0 bridgehead atoms. The van der Waals surface area contributed by atoms with E-state index in [-0.39, 0.29) is 23.3 Å². The van der Waals surface area contributed by atoms with Gasteiger partial charge in [-0.3, -0.25) is 4.79 Å². The van der Waals surface area contributed by atoms with Gasteiger partial charge in [0.25, 0.3) is 0 Å². The molecule has 1 N–H and O–H groups in total. The maximum atomic E-state index is 11.0. The van der Waals surface area contributed by atoms with Crippen molar-refractivity contribution in [3.63, 3.8) is 0 Å². The number of hydrogen-bond donors (Lipinski definition) is 1. The monoisotopic (exact) mass is 285 g/mol. The highest BCUT2D eigenvalue weighted by Crippen LogP contribution is 1.97. The molecule has 0 aromatic heterocycles. The second kappa shape index (κ2) is 14.6. The van der Waals surface area contributed by atoms with Gasteiger partial charge in [-0.05, 0) is 5.56 Å². The minimum absolute atomic E-state index is 0.